The fraction of sp³-hybridized carbons (Fsp3) is 0.381. The highest BCUT2D eigenvalue weighted by Crippen LogP contribution is 2.47. The zero-order valence-corrected chi connectivity index (χ0v) is 16.5. The molecule has 2 rings (SSSR count). The quantitative estimate of drug-likeness (QED) is 0.223. The predicted octanol–water partition coefficient (Wildman–Crippen LogP) is 2.09. The SMILES string of the molecule is C=CCOC(=O)[C@@H]1C(=O)C[C@](C)(O)[C@H](C(=O)OCC=C)[C@@H]1c1cccc([N+](=O)[O-])c1. The van der Waals surface area contributed by atoms with Crippen molar-refractivity contribution in [1.29, 1.82) is 0 Å². The van der Waals surface area contributed by atoms with Crippen LogP contribution in [0.2, 0.25) is 0 Å². The maximum atomic E-state index is 12.8. The molecule has 1 aliphatic rings. The van der Waals surface area contributed by atoms with E-state index in [0.717, 1.165) is 0 Å². The van der Waals surface area contributed by atoms with E-state index in [2.05, 4.69) is 13.2 Å². The van der Waals surface area contributed by atoms with Gasteiger partial charge in [0.2, 0.25) is 0 Å². The van der Waals surface area contributed by atoms with Gasteiger partial charge in [0.25, 0.3) is 5.69 Å². The van der Waals surface area contributed by atoms with Gasteiger partial charge in [0.1, 0.15) is 19.1 Å². The van der Waals surface area contributed by atoms with Crippen LogP contribution < -0.4 is 0 Å². The van der Waals surface area contributed by atoms with Crippen LogP contribution in [0.3, 0.4) is 0 Å². The summed E-state index contributed by atoms with van der Waals surface area (Å²) in [5.74, 6) is -6.43. The van der Waals surface area contributed by atoms with Crippen molar-refractivity contribution in [2.24, 2.45) is 11.8 Å². The van der Waals surface area contributed by atoms with Gasteiger partial charge in [0.05, 0.1) is 16.4 Å². The first-order chi connectivity index (χ1) is 14.1. The maximum Gasteiger partial charge on any atom is 0.317 e. The highest BCUT2D eigenvalue weighted by molar-refractivity contribution is 6.02. The molecule has 30 heavy (non-hydrogen) atoms. The molecule has 0 radical (unpaired) electrons. The fourth-order valence-corrected chi connectivity index (χ4v) is 3.72. The Bertz CT molecular complexity index is 876. The molecular weight excluding hydrogens is 394 g/mol. The molecule has 0 bridgehead atoms. The van der Waals surface area contributed by atoms with Gasteiger partial charge in [-0.25, -0.2) is 0 Å². The van der Waals surface area contributed by atoms with Gasteiger partial charge in [0, 0.05) is 24.5 Å². The van der Waals surface area contributed by atoms with Crippen molar-refractivity contribution < 1.29 is 33.9 Å². The van der Waals surface area contributed by atoms with Gasteiger partial charge in [-0.3, -0.25) is 24.5 Å². The molecule has 160 valence electrons. The van der Waals surface area contributed by atoms with E-state index >= 15 is 0 Å². The Morgan fingerprint density at radius 1 is 1.27 bits per heavy atom. The lowest BCUT2D eigenvalue weighted by Gasteiger charge is -2.43. The maximum absolute atomic E-state index is 12.8. The molecule has 1 aromatic carbocycles. The summed E-state index contributed by atoms with van der Waals surface area (Å²) in [7, 11) is 0. The molecule has 1 aliphatic carbocycles. The van der Waals surface area contributed by atoms with Crippen LogP contribution in [-0.2, 0) is 23.9 Å². The number of carbonyl (C=O) groups excluding carboxylic acids is 3. The number of Topliss-reactive ketones (excluding diaryl/α,β-unsaturated/α-hetero) is 1. The predicted molar refractivity (Wildman–Crippen MR) is 105 cm³/mol. The summed E-state index contributed by atoms with van der Waals surface area (Å²) in [6.07, 6.45) is 2.17. The summed E-state index contributed by atoms with van der Waals surface area (Å²) in [6.45, 7) is 7.89. The molecule has 1 fully saturated rings. The second-order valence-electron chi connectivity index (χ2n) is 7.17. The molecule has 0 amide bonds. The van der Waals surface area contributed by atoms with Crippen LogP contribution >= 0.6 is 0 Å². The van der Waals surface area contributed by atoms with Gasteiger partial charge >= 0.3 is 11.9 Å². The van der Waals surface area contributed by atoms with Crippen molar-refractivity contribution >= 4 is 23.4 Å². The highest BCUT2D eigenvalue weighted by Gasteiger charge is 2.57. The number of hydrogen-bond acceptors (Lipinski definition) is 8. The zero-order valence-electron chi connectivity index (χ0n) is 16.5. The van der Waals surface area contributed by atoms with E-state index in [1.54, 1.807) is 0 Å². The van der Waals surface area contributed by atoms with E-state index in [9.17, 15) is 29.6 Å². The van der Waals surface area contributed by atoms with Crippen LogP contribution in [0.5, 0.6) is 0 Å². The van der Waals surface area contributed by atoms with Crippen molar-refractivity contribution in [1.82, 2.24) is 0 Å². The molecule has 1 saturated carbocycles. The first kappa shape index (κ1) is 23.0. The molecule has 1 N–H and O–H groups in total. The summed E-state index contributed by atoms with van der Waals surface area (Å²) in [5.41, 5.74) is -1.97. The number of rotatable bonds is 8. The molecular formula is C21H23NO8. The van der Waals surface area contributed by atoms with Gasteiger partial charge in [-0.05, 0) is 12.5 Å². The molecule has 0 spiro atoms. The van der Waals surface area contributed by atoms with Gasteiger partial charge in [-0.1, -0.05) is 37.4 Å². The van der Waals surface area contributed by atoms with Crippen molar-refractivity contribution in [2.45, 2.75) is 24.9 Å². The number of ketones is 1. The molecule has 4 atom stereocenters. The van der Waals surface area contributed by atoms with Crippen LogP contribution in [0, 0.1) is 22.0 Å². The van der Waals surface area contributed by atoms with E-state index in [0.29, 0.717) is 0 Å². The first-order valence-electron chi connectivity index (χ1n) is 9.18. The number of aliphatic hydroxyl groups is 1. The Balaban J connectivity index is 2.64. The second-order valence-corrected chi connectivity index (χ2v) is 7.17. The Morgan fingerprint density at radius 3 is 2.43 bits per heavy atom. The molecule has 0 saturated heterocycles. The number of carbonyl (C=O) groups is 3. The van der Waals surface area contributed by atoms with Gasteiger partial charge in [-0.2, -0.15) is 0 Å². The number of nitro groups is 1. The number of non-ortho nitro benzene ring substituents is 1. The molecule has 9 heteroatoms. The second kappa shape index (κ2) is 9.45. The number of hydrogen-bond donors (Lipinski definition) is 1. The van der Waals surface area contributed by atoms with Gasteiger partial charge < -0.3 is 14.6 Å². The molecule has 0 unspecified atom stereocenters. The third-order valence-electron chi connectivity index (χ3n) is 4.93. The average molecular weight is 417 g/mol. The molecule has 0 aromatic heterocycles. The van der Waals surface area contributed by atoms with Crippen molar-refractivity contribution in [3.8, 4) is 0 Å². The topological polar surface area (TPSA) is 133 Å². The summed E-state index contributed by atoms with van der Waals surface area (Å²) < 4.78 is 10.2. The van der Waals surface area contributed by atoms with Crippen molar-refractivity contribution in [3.05, 3.63) is 65.3 Å². The van der Waals surface area contributed by atoms with Crippen LogP contribution in [0.1, 0.15) is 24.8 Å². The molecule has 9 nitrogen and oxygen atoms in total. The third-order valence-corrected chi connectivity index (χ3v) is 4.93. The fourth-order valence-electron chi connectivity index (χ4n) is 3.72. The zero-order chi connectivity index (χ0) is 22.5. The van der Waals surface area contributed by atoms with E-state index in [1.807, 2.05) is 0 Å². The largest absolute Gasteiger partial charge is 0.461 e. The molecule has 0 aliphatic heterocycles. The first-order valence-corrected chi connectivity index (χ1v) is 9.18. The molecule has 1 aromatic rings. The van der Waals surface area contributed by atoms with E-state index in [4.69, 9.17) is 9.47 Å². The van der Waals surface area contributed by atoms with E-state index in [1.165, 1.54) is 43.3 Å². The van der Waals surface area contributed by atoms with Gasteiger partial charge in [-0.15, -0.1) is 0 Å². The Labute approximate surface area is 173 Å². The highest BCUT2D eigenvalue weighted by atomic mass is 16.6. The lowest BCUT2D eigenvalue weighted by atomic mass is 9.61. The Morgan fingerprint density at radius 2 is 1.87 bits per heavy atom. The van der Waals surface area contributed by atoms with Crippen LogP contribution in [0.25, 0.3) is 0 Å². The Hall–Kier alpha value is -3.33. The van der Waals surface area contributed by atoms with Crippen LogP contribution in [0.4, 0.5) is 5.69 Å². The van der Waals surface area contributed by atoms with Crippen molar-refractivity contribution in [2.75, 3.05) is 13.2 Å². The number of nitro benzene ring substituents is 1. The minimum absolute atomic E-state index is 0.146. The van der Waals surface area contributed by atoms with E-state index < -0.39 is 52.4 Å². The van der Waals surface area contributed by atoms with Crippen molar-refractivity contribution in [3.63, 3.8) is 0 Å². The monoisotopic (exact) mass is 417 g/mol. The summed E-state index contributed by atoms with van der Waals surface area (Å²) in [5, 5.41) is 22.1. The van der Waals surface area contributed by atoms with Crippen LogP contribution in [0.15, 0.2) is 49.6 Å². The summed E-state index contributed by atoms with van der Waals surface area (Å²) >= 11 is 0. The third kappa shape index (κ3) is 4.80. The Kier molecular flexibility index (Phi) is 7.23. The minimum Gasteiger partial charge on any atom is -0.461 e. The lowest BCUT2D eigenvalue weighted by Crippen LogP contribution is -2.55. The summed E-state index contributed by atoms with van der Waals surface area (Å²) in [4.78, 5) is 48.9. The lowest BCUT2D eigenvalue weighted by molar-refractivity contribution is -0.385. The summed E-state index contributed by atoms with van der Waals surface area (Å²) in [6, 6.07) is 5.23. The standard InChI is InChI=1S/C21H23NO8/c1-4-9-29-19(24)17-15(23)12-21(3,26)18(20(25)30-10-5-2)16(17)13-7-6-8-14(11-13)22(27)28/h4-8,11,16-18,26H,1-2,9-10,12H2,3H3/t16-,17-,18+,21+/m1/s1. The average Bonchev–Trinajstić information content (AvgIpc) is 2.69. The smallest absolute Gasteiger partial charge is 0.317 e. The number of esters is 2. The van der Waals surface area contributed by atoms with Crippen LogP contribution in [-0.4, -0.2) is 46.6 Å². The number of benzene rings is 1. The van der Waals surface area contributed by atoms with Gasteiger partial charge in [0.15, 0.2) is 5.78 Å². The number of ether oxygens (including phenoxy) is 2. The van der Waals surface area contributed by atoms with E-state index in [-0.39, 0.29) is 24.5 Å². The minimum atomic E-state index is -1.85. The number of nitrogens with zero attached hydrogens (tertiary/aromatic N) is 1. The normalized spacial score (nSPS) is 25.8. The molecule has 0 heterocycles.